The molecule has 0 saturated heterocycles. The van der Waals surface area contributed by atoms with Crippen LogP contribution in [0.4, 0.5) is 4.39 Å². The van der Waals surface area contributed by atoms with Crippen molar-refractivity contribution in [3.8, 4) is 11.1 Å². The Morgan fingerprint density at radius 3 is 2.62 bits per heavy atom. The van der Waals surface area contributed by atoms with Gasteiger partial charge in [-0.05, 0) is 42.5 Å². The summed E-state index contributed by atoms with van der Waals surface area (Å²) < 4.78 is 15.8. The van der Waals surface area contributed by atoms with Crippen LogP contribution < -0.4 is 5.32 Å². The minimum Gasteiger partial charge on any atom is -0.342 e. The van der Waals surface area contributed by atoms with E-state index in [1.807, 2.05) is 17.8 Å². The van der Waals surface area contributed by atoms with E-state index in [2.05, 4.69) is 15.3 Å². The summed E-state index contributed by atoms with van der Waals surface area (Å²) in [6.07, 6.45) is 8.55. The Hall–Kier alpha value is -3.02. The molecule has 1 N–H and O–H groups in total. The first-order valence-corrected chi connectivity index (χ1v) is 8.61. The zero-order chi connectivity index (χ0) is 18.1. The van der Waals surface area contributed by atoms with Gasteiger partial charge in [-0.3, -0.25) is 9.78 Å². The topological polar surface area (TPSA) is 59.8 Å². The number of hydrogen-bond donors (Lipinski definition) is 1. The first kappa shape index (κ1) is 16.4. The third-order valence-electron chi connectivity index (χ3n) is 4.75. The van der Waals surface area contributed by atoms with Gasteiger partial charge in [0.25, 0.3) is 5.91 Å². The van der Waals surface area contributed by atoms with E-state index in [1.165, 1.54) is 6.20 Å². The third-order valence-corrected chi connectivity index (χ3v) is 4.75. The maximum Gasteiger partial charge on any atom is 0.251 e. The smallest absolute Gasteiger partial charge is 0.251 e. The van der Waals surface area contributed by atoms with Gasteiger partial charge in [-0.2, -0.15) is 0 Å². The summed E-state index contributed by atoms with van der Waals surface area (Å²) in [5, 5.41) is 3.10. The van der Waals surface area contributed by atoms with Crippen LogP contribution in [0.15, 0.2) is 55.1 Å². The summed E-state index contributed by atoms with van der Waals surface area (Å²) in [6.45, 7) is 0. The van der Waals surface area contributed by atoms with Crippen molar-refractivity contribution in [3.63, 3.8) is 0 Å². The molecule has 0 bridgehead atoms. The van der Waals surface area contributed by atoms with Crippen molar-refractivity contribution >= 4 is 5.91 Å². The second kappa shape index (κ2) is 6.71. The molecule has 6 heteroatoms. The Morgan fingerprint density at radius 2 is 2.00 bits per heavy atom. The average molecular weight is 350 g/mol. The molecule has 0 unspecified atom stereocenters. The lowest BCUT2D eigenvalue weighted by molar-refractivity contribution is 0.0929. The molecule has 4 rings (SSSR count). The first-order valence-electron chi connectivity index (χ1n) is 8.61. The number of benzene rings is 1. The average Bonchev–Trinajstić information content (AvgIpc) is 3.41. The van der Waals surface area contributed by atoms with Crippen molar-refractivity contribution in [3.05, 3.63) is 72.3 Å². The summed E-state index contributed by atoms with van der Waals surface area (Å²) in [5.41, 5.74) is 1.73. The zero-order valence-corrected chi connectivity index (χ0v) is 14.4. The van der Waals surface area contributed by atoms with Gasteiger partial charge >= 0.3 is 0 Å². The van der Waals surface area contributed by atoms with Gasteiger partial charge in [0.2, 0.25) is 0 Å². The largest absolute Gasteiger partial charge is 0.342 e. The van der Waals surface area contributed by atoms with Gasteiger partial charge in [0.15, 0.2) is 0 Å². The highest BCUT2D eigenvalue weighted by atomic mass is 19.1. The van der Waals surface area contributed by atoms with Crippen molar-refractivity contribution < 1.29 is 9.18 Å². The second-order valence-corrected chi connectivity index (χ2v) is 6.62. The Bertz CT molecular complexity index is 931. The van der Waals surface area contributed by atoms with Gasteiger partial charge < -0.3 is 9.88 Å². The molecule has 0 spiro atoms. The van der Waals surface area contributed by atoms with Crippen LogP contribution in [-0.4, -0.2) is 20.4 Å². The number of amides is 1. The molecule has 3 aromatic rings. The van der Waals surface area contributed by atoms with E-state index in [1.54, 1.807) is 42.7 Å². The highest BCUT2D eigenvalue weighted by Crippen LogP contribution is 2.40. The summed E-state index contributed by atoms with van der Waals surface area (Å²) >= 11 is 0. The molecule has 5 nitrogen and oxygen atoms in total. The molecule has 1 aromatic carbocycles. The number of pyridine rings is 1. The fraction of sp³-hybridized carbons (Fsp3) is 0.250. The highest BCUT2D eigenvalue weighted by molar-refractivity contribution is 5.95. The van der Waals surface area contributed by atoms with E-state index >= 15 is 0 Å². The molecule has 1 fully saturated rings. The van der Waals surface area contributed by atoms with E-state index in [0.29, 0.717) is 22.6 Å². The first-order chi connectivity index (χ1) is 12.6. The Kier molecular flexibility index (Phi) is 4.24. The summed E-state index contributed by atoms with van der Waals surface area (Å²) in [4.78, 5) is 20.8. The van der Waals surface area contributed by atoms with Gasteiger partial charge in [-0.1, -0.05) is 12.1 Å². The van der Waals surface area contributed by atoms with E-state index < -0.39 is 0 Å². The predicted octanol–water partition coefficient (Wildman–Crippen LogP) is 3.50. The number of aromatic nitrogens is 3. The fourth-order valence-corrected chi connectivity index (χ4v) is 3.13. The molecule has 1 atom stereocenters. The van der Waals surface area contributed by atoms with Crippen LogP contribution in [0, 0.1) is 11.7 Å². The van der Waals surface area contributed by atoms with Crippen LogP contribution in [0.5, 0.6) is 0 Å². The minimum atomic E-state index is -0.381. The van der Waals surface area contributed by atoms with E-state index in [4.69, 9.17) is 0 Å². The molecule has 1 amide bonds. The lowest BCUT2D eigenvalue weighted by atomic mass is 10.0. The minimum absolute atomic E-state index is 0.0835. The number of carbonyl (C=O) groups excluding carboxylic acids is 1. The maximum absolute atomic E-state index is 13.8. The van der Waals surface area contributed by atoms with Gasteiger partial charge in [-0.25, -0.2) is 9.37 Å². The number of aryl methyl sites for hydroxylation is 1. The Balaban J connectivity index is 1.53. The zero-order valence-electron chi connectivity index (χ0n) is 14.4. The maximum atomic E-state index is 13.8. The van der Waals surface area contributed by atoms with Crippen molar-refractivity contribution in [2.45, 2.75) is 18.9 Å². The van der Waals surface area contributed by atoms with Crippen LogP contribution in [0.25, 0.3) is 11.1 Å². The molecule has 1 aliphatic rings. The van der Waals surface area contributed by atoms with Gasteiger partial charge in [-0.15, -0.1) is 0 Å². The number of nitrogens with one attached hydrogen (secondary N) is 1. The standard InChI is InChI=1S/C20H19FN4O/c1-25-11-10-23-19(25)18(14-4-5-14)24-20(26)15-6-2-13(3-7-15)16-8-9-22-12-17(16)21/h2-3,6-12,14,18H,4-5H2,1H3,(H,24,26)/t18-/m0/s1. The van der Waals surface area contributed by atoms with Crippen molar-refractivity contribution in [1.82, 2.24) is 19.9 Å². The number of hydrogen-bond acceptors (Lipinski definition) is 3. The molecular weight excluding hydrogens is 331 g/mol. The highest BCUT2D eigenvalue weighted by Gasteiger charge is 2.35. The fourth-order valence-electron chi connectivity index (χ4n) is 3.13. The number of imidazole rings is 1. The quantitative estimate of drug-likeness (QED) is 0.766. The van der Waals surface area contributed by atoms with Crippen LogP contribution >= 0.6 is 0 Å². The summed E-state index contributed by atoms with van der Waals surface area (Å²) in [6, 6.07) is 8.47. The molecular formula is C20H19FN4O. The van der Waals surface area contributed by atoms with Crippen molar-refractivity contribution in [1.29, 1.82) is 0 Å². The molecule has 1 aliphatic carbocycles. The van der Waals surface area contributed by atoms with Crippen LogP contribution in [0.3, 0.4) is 0 Å². The molecule has 0 aliphatic heterocycles. The van der Waals surface area contributed by atoms with Crippen LogP contribution in [0.2, 0.25) is 0 Å². The van der Waals surface area contributed by atoms with Crippen molar-refractivity contribution in [2.75, 3.05) is 0 Å². The van der Waals surface area contributed by atoms with Crippen LogP contribution in [0.1, 0.15) is 35.1 Å². The van der Waals surface area contributed by atoms with E-state index in [9.17, 15) is 9.18 Å². The predicted molar refractivity (Wildman–Crippen MR) is 95.8 cm³/mol. The third kappa shape index (κ3) is 3.22. The molecule has 26 heavy (non-hydrogen) atoms. The Labute approximate surface area is 150 Å². The molecule has 1 saturated carbocycles. The lowest BCUT2D eigenvalue weighted by Crippen LogP contribution is -2.31. The van der Waals surface area contributed by atoms with Gasteiger partial charge in [0.1, 0.15) is 11.6 Å². The van der Waals surface area contributed by atoms with Gasteiger partial charge in [0, 0.05) is 36.8 Å². The molecule has 0 radical (unpaired) electrons. The second-order valence-electron chi connectivity index (χ2n) is 6.62. The SMILES string of the molecule is Cn1ccnc1[C@@H](NC(=O)c1ccc(-c2ccncc2F)cc1)C1CC1. The van der Waals surface area contributed by atoms with Crippen LogP contribution in [-0.2, 0) is 7.05 Å². The lowest BCUT2D eigenvalue weighted by Gasteiger charge is -2.18. The number of rotatable bonds is 5. The molecule has 132 valence electrons. The van der Waals surface area contributed by atoms with E-state index in [0.717, 1.165) is 18.7 Å². The summed E-state index contributed by atoms with van der Waals surface area (Å²) in [7, 11) is 1.93. The molecule has 2 heterocycles. The monoisotopic (exact) mass is 350 g/mol. The molecule has 2 aromatic heterocycles. The number of carbonyl (C=O) groups is 1. The normalized spacial score (nSPS) is 14.8. The van der Waals surface area contributed by atoms with Crippen molar-refractivity contribution in [2.24, 2.45) is 13.0 Å². The Morgan fingerprint density at radius 1 is 1.23 bits per heavy atom. The number of nitrogens with zero attached hydrogens (tertiary/aromatic N) is 3. The van der Waals surface area contributed by atoms with Gasteiger partial charge in [0.05, 0.1) is 12.2 Å². The van der Waals surface area contributed by atoms with E-state index in [-0.39, 0.29) is 17.8 Å². The number of halogens is 1. The summed E-state index contributed by atoms with van der Waals surface area (Å²) in [5.74, 6) is 0.779.